The Bertz CT molecular complexity index is 652. The Balaban J connectivity index is 0.00000392. The van der Waals surface area contributed by atoms with Gasteiger partial charge >= 0.3 is 0 Å². The van der Waals surface area contributed by atoms with Gasteiger partial charge in [0.25, 0.3) is 0 Å². The van der Waals surface area contributed by atoms with Crippen LogP contribution in [0.2, 0.25) is 0 Å². The average molecular weight is 504 g/mol. The molecule has 7 nitrogen and oxygen atoms in total. The summed E-state index contributed by atoms with van der Waals surface area (Å²) in [5, 5.41) is 3.31. The molecule has 0 aliphatic carbocycles. The van der Waals surface area contributed by atoms with Crippen LogP contribution in [0.3, 0.4) is 0 Å². The van der Waals surface area contributed by atoms with Crippen LogP contribution in [-0.2, 0) is 22.5 Å². The molecule has 0 fully saturated rings. The second kappa shape index (κ2) is 12.8. The summed E-state index contributed by atoms with van der Waals surface area (Å²) in [6, 6.07) is 6.31. The maximum atomic E-state index is 11.9. The van der Waals surface area contributed by atoms with E-state index in [0.29, 0.717) is 13.2 Å². The van der Waals surface area contributed by atoms with Crippen molar-refractivity contribution in [2.45, 2.75) is 26.3 Å². The summed E-state index contributed by atoms with van der Waals surface area (Å²) in [5.41, 5.74) is 2.59. The zero-order valence-corrected chi connectivity index (χ0v) is 19.7. The Kier molecular flexibility index (Phi) is 11.2. The Morgan fingerprint density at radius 2 is 2.07 bits per heavy atom. The van der Waals surface area contributed by atoms with Gasteiger partial charge in [-0.05, 0) is 36.1 Å². The number of carbonyl (C=O) groups is 1. The van der Waals surface area contributed by atoms with E-state index in [9.17, 15) is 4.79 Å². The number of hydrogen-bond acceptors (Lipinski definition) is 4. The Labute approximate surface area is 185 Å². The van der Waals surface area contributed by atoms with E-state index in [1.54, 1.807) is 26.1 Å². The lowest BCUT2D eigenvalue weighted by molar-refractivity contribution is -0.127. The minimum absolute atomic E-state index is 0. The number of amides is 1. The van der Waals surface area contributed by atoms with Crippen molar-refractivity contribution in [1.82, 2.24) is 15.1 Å². The van der Waals surface area contributed by atoms with Gasteiger partial charge in [0.2, 0.25) is 5.91 Å². The molecule has 0 unspecified atom stereocenters. The number of aliphatic imine (C=N–C) groups is 1. The minimum Gasteiger partial charge on any atom is -0.494 e. The van der Waals surface area contributed by atoms with Crippen molar-refractivity contribution < 1.29 is 14.3 Å². The van der Waals surface area contributed by atoms with E-state index in [4.69, 9.17) is 9.47 Å². The number of benzene rings is 1. The predicted octanol–water partition coefficient (Wildman–Crippen LogP) is 2.13. The van der Waals surface area contributed by atoms with E-state index in [0.717, 1.165) is 44.2 Å². The fourth-order valence-electron chi connectivity index (χ4n) is 2.84. The van der Waals surface area contributed by atoms with Crippen LogP contribution in [0.25, 0.3) is 0 Å². The molecular formula is C20H33IN4O3. The van der Waals surface area contributed by atoms with E-state index in [1.807, 2.05) is 6.07 Å². The zero-order chi connectivity index (χ0) is 19.6. The first-order valence-electron chi connectivity index (χ1n) is 9.52. The van der Waals surface area contributed by atoms with Gasteiger partial charge in [-0.3, -0.25) is 4.79 Å². The number of fused-ring (bicyclic) bond motifs is 1. The molecule has 0 bridgehead atoms. The van der Waals surface area contributed by atoms with Crippen LogP contribution in [0, 0.1) is 0 Å². The normalized spacial score (nSPS) is 13.4. The quantitative estimate of drug-likeness (QED) is 0.255. The van der Waals surface area contributed by atoms with Crippen LogP contribution in [0.4, 0.5) is 0 Å². The highest BCUT2D eigenvalue weighted by molar-refractivity contribution is 14.0. The highest BCUT2D eigenvalue weighted by Gasteiger charge is 2.20. The minimum atomic E-state index is -0.0174. The van der Waals surface area contributed by atoms with Crippen LogP contribution >= 0.6 is 24.0 Å². The van der Waals surface area contributed by atoms with Gasteiger partial charge in [-0.2, -0.15) is 0 Å². The number of ether oxygens (including phenoxy) is 2. The number of guanidine groups is 1. The average Bonchev–Trinajstić information content (AvgIpc) is 2.68. The molecule has 1 aliphatic rings. The SMILES string of the molecule is CCCOc1ccc2c(c1)CCN(C(=NCC(=O)N(C)C)NCCOC)C2.I. The lowest BCUT2D eigenvalue weighted by Crippen LogP contribution is -2.45. The van der Waals surface area contributed by atoms with Crippen molar-refractivity contribution in [2.24, 2.45) is 4.99 Å². The van der Waals surface area contributed by atoms with Crippen LogP contribution in [0.1, 0.15) is 24.5 Å². The fourth-order valence-corrected chi connectivity index (χ4v) is 2.84. The van der Waals surface area contributed by atoms with Gasteiger partial charge in [0.05, 0.1) is 13.2 Å². The monoisotopic (exact) mass is 504 g/mol. The summed E-state index contributed by atoms with van der Waals surface area (Å²) < 4.78 is 10.9. The maximum Gasteiger partial charge on any atom is 0.243 e. The molecule has 1 aromatic rings. The summed E-state index contributed by atoms with van der Waals surface area (Å²) in [6.07, 6.45) is 1.93. The molecule has 0 saturated carbocycles. The summed E-state index contributed by atoms with van der Waals surface area (Å²) in [5.74, 6) is 1.67. The maximum absolute atomic E-state index is 11.9. The largest absolute Gasteiger partial charge is 0.494 e. The fraction of sp³-hybridized carbons (Fsp3) is 0.600. The second-order valence-electron chi connectivity index (χ2n) is 6.80. The van der Waals surface area contributed by atoms with Crippen molar-refractivity contribution in [3.8, 4) is 5.75 Å². The zero-order valence-electron chi connectivity index (χ0n) is 17.4. The molecule has 0 saturated heterocycles. The molecule has 0 spiro atoms. The molecule has 0 aromatic heterocycles. The molecule has 0 radical (unpaired) electrons. The third kappa shape index (κ3) is 7.46. The molecule has 158 valence electrons. The van der Waals surface area contributed by atoms with Crippen LogP contribution < -0.4 is 10.1 Å². The van der Waals surface area contributed by atoms with Crippen LogP contribution in [-0.4, -0.2) is 75.7 Å². The number of carbonyl (C=O) groups excluding carboxylic acids is 1. The highest BCUT2D eigenvalue weighted by Crippen LogP contribution is 2.24. The highest BCUT2D eigenvalue weighted by atomic mass is 127. The first-order chi connectivity index (χ1) is 13.0. The third-order valence-electron chi connectivity index (χ3n) is 4.41. The van der Waals surface area contributed by atoms with Crippen LogP contribution in [0.5, 0.6) is 5.75 Å². The lowest BCUT2D eigenvalue weighted by atomic mass is 9.99. The molecule has 0 atom stereocenters. The van der Waals surface area contributed by atoms with E-state index >= 15 is 0 Å². The Hall–Kier alpha value is -1.55. The molecule has 2 rings (SSSR count). The van der Waals surface area contributed by atoms with Crippen molar-refractivity contribution in [2.75, 3.05) is 54.1 Å². The van der Waals surface area contributed by atoms with Gasteiger partial charge in [0.15, 0.2) is 5.96 Å². The van der Waals surface area contributed by atoms with Gasteiger partial charge in [0.1, 0.15) is 12.3 Å². The number of likely N-dealkylation sites (N-methyl/N-ethyl adjacent to an activating group) is 1. The van der Waals surface area contributed by atoms with Crippen molar-refractivity contribution in [3.05, 3.63) is 29.3 Å². The predicted molar refractivity (Wildman–Crippen MR) is 123 cm³/mol. The third-order valence-corrected chi connectivity index (χ3v) is 4.41. The van der Waals surface area contributed by atoms with Crippen LogP contribution in [0.15, 0.2) is 23.2 Å². The Morgan fingerprint density at radius 3 is 2.75 bits per heavy atom. The molecule has 8 heteroatoms. The van der Waals surface area contributed by atoms with E-state index in [1.165, 1.54) is 11.1 Å². The molecule has 1 aliphatic heterocycles. The number of methoxy groups -OCH3 is 1. The number of hydrogen-bond donors (Lipinski definition) is 1. The van der Waals surface area contributed by atoms with Gasteiger partial charge < -0.3 is 24.6 Å². The van der Waals surface area contributed by atoms with E-state index < -0.39 is 0 Å². The summed E-state index contributed by atoms with van der Waals surface area (Å²) >= 11 is 0. The van der Waals surface area contributed by atoms with Gasteiger partial charge in [0, 0.05) is 40.8 Å². The van der Waals surface area contributed by atoms with E-state index in [-0.39, 0.29) is 36.4 Å². The standard InChI is InChI=1S/C20H32N4O3.HI/c1-5-11-27-18-7-6-17-15-24(10-8-16(17)13-18)20(21-9-12-26-4)22-14-19(25)23(2)3;/h6-7,13H,5,8-12,14-15H2,1-4H3,(H,21,22);1H. The number of nitrogens with one attached hydrogen (secondary N) is 1. The lowest BCUT2D eigenvalue weighted by Gasteiger charge is -2.32. The summed E-state index contributed by atoms with van der Waals surface area (Å²) in [6.45, 7) is 5.83. The van der Waals surface area contributed by atoms with E-state index in [2.05, 4.69) is 34.3 Å². The molecule has 28 heavy (non-hydrogen) atoms. The Morgan fingerprint density at radius 1 is 1.29 bits per heavy atom. The summed E-state index contributed by atoms with van der Waals surface area (Å²) in [4.78, 5) is 20.2. The topological polar surface area (TPSA) is 66.4 Å². The number of rotatable bonds is 8. The first kappa shape index (κ1) is 24.5. The first-order valence-corrected chi connectivity index (χ1v) is 9.52. The van der Waals surface area contributed by atoms with Gasteiger partial charge in [-0.15, -0.1) is 24.0 Å². The van der Waals surface area contributed by atoms with Crippen molar-refractivity contribution in [1.29, 1.82) is 0 Å². The molecular weight excluding hydrogens is 471 g/mol. The van der Waals surface area contributed by atoms with Gasteiger partial charge in [-0.25, -0.2) is 4.99 Å². The smallest absolute Gasteiger partial charge is 0.243 e. The van der Waals surface area contributed by atoms with Crippen molar-refractivity contribution >= 4 is 35.8 Å². The number of nitrogens with zero attached hydrogens (tertiary/aromatic N) is 3. The van der Waals surface area contributed by atoms with Gasteiger partial charge in [-0.1, -0.05) is 13.0 Å². The molecule has 1 N–H and O–H groups in total. The molecule has 1 heterocycles. The molecule has 1 amide bonds. The second-order valence-corrected chi connectivity index (χ2v) is 6.80. The van der Waals surface area contributed by atoms with Crippen molar-refractivity contribution in [3.63, 3.8) is 0 Å². The molecule has 1 aromatic carbocycles. The number of halogens is 1. The summed E-state index contributed by atoms with van der Waals surface area (Å²) in [7, 11) is 5.15.